The Labute approximate surface area is 91.6 Å². The van der Waals surface area contributed by atoms with Crippen LogP contribution in [0.2, 0.25) is 0 Å². The third-order valence-electron chi connectivity index (χ3n) is 3.28. The lowest BCUT2D eigenvalue weighted by Crippen LogP contribution is -2.14. The van der Waals surface area contributed by atoms with Crippen LogP contribution >= 0.6 is 0 Å². The van der Waals surface area contributed by atoms with Gasteiger partial charge in [-0.15, -0.1) is 0 Å². The van der Waals surface area contributed by atoms with E-state index in [4.69, 9.17) is 4.74 Å². The van der Waals surface area contributed by atoms with E-state index in [0.29, 0.717) is 6.04 Å². The Morgan fingerprint density at radius 1 is 1.27 bits per heavy atom. The summed E-state index contributed by atoms with van der Waals surface area (Å²) in [7, 11) is 1.75. The summed E-state index contributed by atoms with van der Waals surface area (Å²) in [4.78, 5) is 0. The third-order valence-corrected chi connectivity index (χ3v) is 3.28. The first-order chi connectivity index (χ1) is 7.22. The molecule has 1 aromatic carbocycles. The van der Waals surface area contributed by atoms with Crippen molar-refractivity contribution in [2.24, 2.45) is 0 Å². The molecule has 0 saturated carbocycles. The molecule has 0 aromatic heterocycles. The van der Waals surface area contributed by atoms with Gasteiger partial charge in [-0.3, -0.25) is 0 Å². The lowest BCUT2D eigenvalue weighted by molar-refractivity contribution is 0.403. The average molecular weight is 205 g/mol. The fraction of sp³-hybridized carbons (Fsp3) is 0.538. The number of benzene rings is 1. The van der Waals surface area contributed by atoms with E-state index < -0.39 is 0 Å². The molecule has 0 spiro atoms. The van der Waals surface area contributed by atoms with Crippen LogP contribution in [0.3, 0.4) is 0 Å². The van der Waals surface area contributed by atoms with Gasteiger partial charge in [-0.25, -0.2) is 0 Å². The standard InChI is InChI=1S/C13H19NO/c1-9-7-11(12-5-4-6-14-12)13(15-3)8-10(9)2/h7-8,12,14H,4-6H2,1-3H3/t12-/m0/s1. The molecule has 0 bridgehead atoms. The summed E-state index contributed by atoms with van der Waals surface area (Å²) in [6.45, 7) is 5.41. The lowest BCUT2D eigenvalue weighted by atomic mass is 9.99. The maximum absolute atomic E-state index is 5.45. The Morgan fingerprint density at radius 2 is 2.00 bits per heavy atom. The van der Waals surface area contributed by atoms with Crippen LogP contribution in [-0.2, 0) is 0 Å². The second-order valence-corrected chi connectivity index (χ2v) is 4.33. The molecule has 1 saturated heterocycles. The zero-order valence-electron chi connectivity index (χ0n) is 9.76. The van der Waals surface area contributed by atoms with Gasteiger partial charge in [0.2, 0.25) is 0 Å². The molecule has 1 aliphatic rings. The smallest absolute Gasteiger partial charge is 0.123 e. The van der Waals surface area contributed by atoms with E-state index in [1.54, 1.807) is 7.11 Å². The monoisotopic (exact) mass is 205 g/mol. The minimum atomic E-state index is 0.485. The molecule has 1 heterocycles. The van der Waals surface area contributed by atoms with Crippen LogP contribution in [0.5, 0.6) is 5.75 Å². The number of ether oxygens (including phenoxy) is 1. The van der Waals surface area contributed by atoms with Gasteiger partial charge in [0.1, 0.15) is 5.75 Å². The summed E-state index contributed by atoms with van der Waals surface area (Å²) >= 11 is 0. The maximum atomic E-state index is 5.45. The SMILES string of the molecule is COc1cc(C)c(C)cc1[C@@H]1CCCN1. The second-order valence-electron chi connectivity index (χ2n) is 4.33. The number of methoxy groups -OCH3 is 1. The Kier molecular flexibility index (Phi) is 2.96. The number of rotatable bonds is 2. The van der Waals surface area contributed by atoms with Gasteiger partial charge in [-0.05, 0) is 50.4 Å². The molecule has 15 heavy (non-hydrogen) atoms. The Hall–Kier alpha value is -1.02. The fourth-order valence-electron chi connectivity index (χ4n) is 2.21. The number of hydrogen-bond donors (Lipinski definition) is 1. The van der Waals surface area contributed by atoms with Gasteiger partial charge < -0.3 is 10.1 Å². The van der Waals surface area contributed by atoms with Crippen molar-refractivity contribution in [3.63, 3.8) is 0 Å². The van der Waals surface area contributed by atoms with Gasteiger partial charge >= 0.3 is 0 Å². The van der Waals surface area contributed by atoms with Crippen LogP contribution in [-0.4, -0.2) is 13.7 Å². The van der Waals surface area contributed by atoms with E-state index in [1.807, 2.05) is 0 Å². The molecular weight excluding hydrogens is 186 g/mol. The molecule has 2 nitrogen and oxygen atoms in total. The number of aryl methyl sites for hydroxylation is 2. The third kappa shape index (κ3) is 2.00. The molecule has 1 atom stereocenters. The summed E-state index contributed by atoms with van der Waals surface area (Å²) in [6, 6.07) is 4.89. The van der Waals surface area contributed by atoms with Crippen molar-refractivity contribution in [2.75, 3.05) is 13.7 Å². The number of nitrogens with one attached hydrogen (secondary N) is 1. The van der Waals surface area contributed by atoms with Crippen molar-refractivity contribution in [3.8, 4) is 5.75 Å². The van der Waals surface area contributed by atoms with Gasteiger partial charge in [0, 0.05) is 11.6 Å². The molecule has 0 unspecified atom stereocenters. The van der Waals surface area contributed by atoms with Crippen molar-refractivity contribution in [2.45, 2.75) is 32.7 Å². The van der Waals surface area contributed by atoms with E-state index in [-0.39, 0.29) is 0 Å². The van der Waals surface area contributed by atoms with Crippen molar-refractivity contribution < 1.29 is 4.74 Å². The topological polar surface area (TPSA) is 21.3 Å². The molecular formula is C13H19NO. The quantitative estimate of drug-likeness (QED) is 0.801. The van der Waals surface area contributed by atoms with Gasteiger partial charge in [0.25, 0.3) is 0 Å². The van der Waals surface area contributed by atoms with Crippen LogP contribution in [0.25, 0.3) is 0 Å². The molecule has 1 aromatic rings. The first kappa shape index (κ1) is 10.5. The van der Waals surface area contributed by atoms with E-state index in [9.17, 15) is 0 Å². The lowest BCUT2D eigenvalue weighted by Gasteiger charge is -2.17. The van der Waals surface area contributed by atoms with E-state index in [2.05, 4.69) is 31.3 Å². The highest BCUT2D eigenvalue weighted by atomic mass is 16.5. The normalized spacial score (nSPS) is 20.6. The van der Waals surface area contributed by atoms with Gasteiger partial charge in [-0.1, -0.05) is 6.07 Å². The molecule has 1 aliphatic heterocycles. The largest absolute Gasteiger partial charge is 0.496 e. The first-order valence-electron chi connectivity index (χ1n) is 5.61. The van der Waals surface area contributed by atoms with E-state index in [1.165, 1.54) is 29.5 Å². The molecule has 2 heteroatoms. The first-order valence-corrected chi connectivity index (χ1v) is 5.61. The molecule has 0 aliphatic carbocycles. The van der Waals surface area contributed by atoms with Gasteiger partial charge in [-0.2, -0.15) is 0 Å². The number of hydrogen-bond acceptors (Lipinski definition) is 2. The molecule has 82 valence electrons. The summed E-state index contributed by atoms with van der Waals surface area (Å²) < 4.78 is 5.45. The average Bonchev–Trinajstić information content (AvgIpc) is 2.74. The van der Waals surface area contributed by atoms with Crippen molar-refractivity contribution >= 4 is 0 Å². The van der Waals surface area contributed by atoms with Crippen LogP contribution < -0.4 is 10.1 Å². The summed E-state index contributed by atoms with van der Waals surface area (Å²) in [6.07, 6.45) is 2.49. The van der Waals surface area contributed by atoms with Gasteiger partial charge in [0.15, 0.2) is 0 Å². The Balaban J connectivity index is 2.39. The van der Waals surface area contributed by atoms with Crippen LogP contribution in [0, 0.1) is 13.8 Å². The fourth-order valence-corrected chi connectivity index (χ4v) is 2.21. The highest BCUT2D eigenvalue weighted by Gasteiger charge is 2.20. The molecule has 1 N–H and O–H groups in total. The van der Waals surface area contributed by atoms with Crippen LogP contribution in [0.4, 0.5) is 0 Å². The summed E-state index contributed by atoms with van der Waals surface area (Å²) in [5.41, 5.74) is 3.96. The maximum Gasteiger partial charge on any atom is 0.123 e. The highest BCUT2D eigenvalue weighted by molar-refractivity contribution is 5.43. The minimum Gasteiger partial charge on any atom is -0.496 e. The predicted molar refractivity (Wildman–Crippen MR) is 62.4 cm³/mol. The summed E-state index contributed by atoms with van der Waals surface area (Å²) in [5, 5.41) is 3.51. The van der Waals surface area contributed by atoms with Crippen molar-refractivity contribution in [3.05, 3.63) is 28.8 Å². The van der Waals surface area contributed by atoms with Crippen molar-refractivity contribution in [1.82, 2.24) is 5.32 Å². The molecule has 0 radical (unpaired) electrons. The second kappa shape index (κ2) is 4.23. The van der Waals surface area contributed by atoms with E-state index in [0.717, 1.165) is 12.3 Å². The molecule has 0 amide bonds. The van der Waals surface area contributed by atoms with E-state index >= 15 is 0 Å². The highest BCUT2D eigenvalue weighted by Crippen LogP contribution is 2.32. The molecule has 2 rings (SSSR count). The molecule has 1 fully saturated rings. The van der Waals surface area contributed by atoms with Crippen LogP contribution in [0.15, 0.2) is 12.1 Å². The zero-order chi connectivity index (χ0) is 10.8. The Morgan fingerprint density at radius 3 is 2.60 bits per heavy atom. The predicted octanol–water partition coefficient (Wildman–Crippen LogP) is 2.74. The Bertz CT molecular complexity index is 354. The zero-order valence-corrected chi connectivity index (χ0v) is 9.76. The van der Waals surface area contributed by atoms with Gasteiger partial charge in [0.05, 0.1) is 7.11 Å². The van der Waals surface area contributed by atoms with Crippen LogP contribution in [0.1, 0.15) is 35.6 Å². The van der Waals surface area contributed by atoms with Crippen molar-refractivity contribution in [1.29, 1.82) is 0 Å². The minimum absolute atomic E-state index is 0.485. The summed E-state index contributed by atoms with van der Waals surface area (Å²) in [5.74, 6) is 1.03.